The van der Waals surface area contributed by atoms with E-state index in [1.54, 1.807) is 25.4 Å². The lowest BCUT2D eigenvalue weighted by Crippen LogP contribution is -1.97. The summed E-state index contributed by atoms with van der Waals surface area (Å²) < 4.78 is 5.14. The Balaban J connectivity index is 2.10. The first-order valence-corrected chi connectivity index (χ1v) is 6.99. The molecule has 0 saturated heterocycles. The number of anilines is 2. The zero-order chi connectivity index (χ0) is 15.5. The number of pyridine rings is 1. The standard InChI is InChI=1S/C17H12ClN3O/c1-22-16-7-6-12(8-14(16)18)21-17-11(9-19)10-20-15-5-3-2-4-13(15)17/h2-8,10H,1H3,(H,20,21). The van der Waals surface area contributed by atoms with Gasteiger partial charge in [-0.2, -0.15) is 5.26 Å². The highest BCUT2D eigenvalue weighted by Crippen LogP contribution is 2.32. The molecule has 0 bridgehead atoms. The number of fused-ring (bicyclic) bond motifs is 1. The molecule has 0 aliphatic heterocycles. The van der Waals surface area contributed by atoms with Gasteiger partial charge in [-0.25, -0.2) is 0 Å². The van der Waals surface area contributed by atoms with Crippen LogP contribution in [0.15, 0.2) is 48.7 Å². The molecule has 0 aliphatic carbocycles. The molecule has 1 heterocycles. The van der Waals surface area contributed by atoms with Gasteiger partial charge in [0.2, 0.25) is 0 Å². The molecule has 0 radical (unpaired) electrons. The van der Waals surface area contributed by atoms with Crippen LogP contribution in [0.1, 0.15) is 5.56 Å². The molecule has 3 aromatic rings. The number of methoxy groups -OCH3 is 1. The van der Waals surface area contributed by atoms with Crippen LogP contribution >= 0.6 is 11.6 Å². The first-order chi connectivity index (χ1) is 10.7. The van der Waals surface area contributed by atoms with Crippen LogP contribution in [0.4, 0.5) is 11.4 Å². The third-order valence-electron chi connectivity index (χ3n) is 3.32. The average Bonchev–Trinajstić information content (AvgIpc) is 2.55. The summed E-state index contributed by atoms with van der Waals surface area (Å²) in [7, 11) is 1.57. The number of hydrogen-bond donors (Lipinski definition) is 1. The molecule has 5 heteroatoms. The van der Waals surface area contributed by atoms with Gasteiger partial charge in [-0.05, 0) is 24.3 Å². The molecule has 1 N–H and O–H groups in total. The van der Waals surface area contributed by atoms with Crippen molar-refractivity contribution in [1.29, 1.82) is 5.26 Å². The van der Waals surface area contributed by atoms with Crippen LogP contribution < -0.4 is 10.1 Å². The van der Waals surface area contributed by atoms with Gasteiger partial charge in [-0.3, -0.25) is 4.98 Å². The van der Waals surface area contributed by atoms with E-state index in [-0.39, 0.29) is 0 Å². The largest absolute Gasteiger partial charge is 0.495 e. The maximum Gasteiger partial charge on any atom is 0.137 e. The number of hydrogen-bond acceptors (Lipinski definition) is 4. The number of ether oxygens (including phenoxy) is 1. The molecular formula is C17H12ClN3O. The molecule has 0 unspecified atom stereocenters. The maximum absolute atomic E-state index is 9.32. The van der Waals surface area contributed by atoms with E-state index in [1.165, 1.54) is 0 Å². The van der Waals surface area contributed by atoms with Crippen molar-refractivity contribution in [2.75, 3.05) is 12.4 Å². The fourth-order valence-corrected chi connectivity index (χ4v) is 2.51. The van der Waals surface area contributed by atoms with Crippen molar-refractivity contribution in [2.45, 2.75) is 0 Å². The van der Waals surface area contributed by atoms with E-state index < -0.39 is 0 Å². The van der Waals surface area contributed by atoms with Gasteiger partial charge < -0.3 is 10.1 Å². The first-order valence-electron chi connectivity index (χ1n) is 6.61. The number of benzene rings is 2. The molecule has 108 valence electrons. The SMILES string of the molecule is COc1ccc(Nc2c(C#N)cnc3ccccc23)cc1Cl. The molecule has 3 rings (SSSR count). The average molecular weight is 310 g/mol. The van der Waals surface area contributed by atoms with E-state index in [1.807, 2.05) is 30.3 Å². The molecular weight excluding hydrogens is 298 g/mol. The molecule has 4 nitrogen and oxygen atoms in total. The fourth-order valence-electron chi connectivity index (χ4n) is 2.25. The number of nitriles is 1. The van der Waals surface area contributed by atoms with Gasteiger partial charge in [-0.15, -0.1) is 0 Å². The smallest absolute Gasteiger partial charge is 0.137 e. The number of aromatic nitrogens is 1. The van der Waals surface area contributed by atoms with E-state index >= 15 is 0 Å². The minimum Gasteiger partial charge on any atom is -0.495 e. The Morgan fingerprint density at radius 1 is 1.23 bits per heavy atom. The maximum atomic E-state index is 9.32. The lowest BCUT2D eigenvalue weighted by molar-refractivity contribution is 0.415. The normalized spacial score (nSPS) is 10.2. The van der Waals surface area contributed by atoms with Crippen molar-refractivity contribution in [3.63, 3.8) is 0 Å². The van der Waals surface area contributed by atoms with Crippen molar-refractivity contribution in [3.05, 3.63) is 59.2 Å². The number of nitrogens with zero attached hydrogens (tertiary/aromatic N) is 2. The topological polar surface area (TPSA) is 57.9 Å². The monoisotopic (exact) mass is 309 g/mol. The highest BCUT2D eigenvalue weighted by molar-refractivity contribution is 6.32. The van der Waals surface area contributed by atoms with Crippen molar-refractivity contribution >= 4 is 33.9 Å². The Morgan fingerprint density at radius 3 is 2.77 bits per heavy atom. The quantitative estimate of drug-likeness (QED) is 0.773. The highest BCUT2D eigenvalue weighted by atomic mass is 35.5. The van der Waals surface area contributed by atoms with Crippen LogP contribution in [-0.4, -0.2) is 12.1 Å². The minimum atomic E-state index is 0.477. The van der Waals surface area contributed by atoms with Crippen LogP contribution in [0, 0.1) is 11.3 Å². The highest BCUT2D eigenvalue weighted by Gasteiger charge is 2.10. The third-order valence-corrected chi connectivity index (χ3v) is 3.61. The molecule has 22 heavy (non-hydrogen) atoms. The van der Waals surface area contributed by atoms with Gasteiger partial charge in [0.15, 0.2) is 0 Å². The molecule has 0 saturated carbocycles. The second kappa shape index (κ2) is 5.92. The molecule has 0 amide bonds. The van der Waals surface area contributed by atoms with Gasteiger partial charge >= 0.3 is 0 Å². The van der Waals surface area contributed by atoms with Gasteiger partial charge in [0.05, 0.1) is 28.9 Å². The van der Waals surface area contributed by atoms with Crippen molar-refractivity contribution < 1.29 is 4.74 Å². The molecule has 0 fully saturated rings. The summed E-state index contributed by atoms with van der Waals surface area (Å²) in [6.07, 6.45) is 1.57. The fraction of sp³-hybridized carbons (Fsp3) is 0.0588. The second-order valence-corrected chi connectivity index (χ2v) is 5.06. The molecule has 0 spiro atoms. The van der Waals surface area contributed by atoms with E-state index in [0.29, 0.717) is 22.0 Å². The number of rotatable bonds is 3. The van der Waals surface area contributed by atoms with Crippen molar-refractivity contribution in [1.82, 2.24) is 4.98 Å². The number of nitrogens with one attached hydrogen (secondary N) is 1. The van der Waals surface area contributed by atoms with E-state index in [2.05, 4.69) is 16.4 Å². The van der Waals surface area contributed by atoms with Gasteiger partial charge in [0.25, 0.3) is 0 Å². The van der Waals surface area contributed by atoms with Crippen LogP contribution in [0.2, 0.25) is 5.02 Å². The second-order valence-electron chi connectivity index (χ2n) is 4.65. The Labute approximate surface area is 132 Å². The van der Waals surface area contributed by atoms with Crippen LogP contribution in [-0.2, 0) is 0 Å². The van der Waals surface area contributed by atoms with Crippen LogP contribution in [0.25, 0.3) is 10.9 Å². The Bertz CT molecular complexity index is 887. The molecule has 1 aromatic heterocycles. The number of para-hydroxylation sites is 1. The number of halogens is 1. The van der Waals surface area contributed by atoms with Gasteiger partial charge in [0.1, 0.15) is 11.8 Å². The summed E-state index contributed by atoms with van der Waals surface area (Å²) in [5.74, 6) is 0.604. The predicted octanol–water partition coefficient (Wildman–Crippen LogP) is 4.51. The summed E-state index contributed by atoms with van der Waals surface area (Å²) in [5.41, 5.74) is 2.79. The molecule has 0 atom stereocenters. The zero-order valence-corrected chi connectivity index (χ0v) is 12.6. The van der Waals surface area contributed by atoms with Gasteiger partial charge in [0, 0.05) is 17.3 Å². The minimum absolute atomic E-state index is 0.477. The van der Waals surface area contributed by atoms with Crippen molar-refractivity contribution in [3.8, 4) is 11.8 Å². The first kappa shape index (κ1) is 14.2. The third kappa shape index (κ3) is 2.54. The summed E-state index contributed by atoms with van der Waals surface area (Å²) in [4.78, 5) is 4.29. The predicted molar refractivity (Wildman–Crippen MR) is 87.7 cm³/mol. The van der Waals surface area contributed by atoms with Crippen LogP contribution in [0.5, 0.6) is 5.75 Å². The van der Waals surface area contributed by atoms with E-state index in [9.17, 15) is 5.26 Å². The summed E-state index contributed by atoms with van der Waals surface area (Å²) in [6, 6.07) is 15.2. The summed E-state index contributed by atoms with van der Waals surface area (Å²) in [6.45, 7) is 0. The zero-order valence-electron chi connectivity index (χ0n) is 11.8. The van der Waals surface area contributed by atoms with Crippen molar-refractivity contribution in [2.24, 2.45) is 0 Å². The lowest BCUT2D eigenvalue weighted by Gasteiger charge is -2.12. The Hall–Kier alpha value is -2.77. The summed E-state index contributed by atoms with van der Waals surface area (Å²) in [5, 5.41) is 14.0. The Kier molecular flexibility index (Phi) is 3.82. The lowest BCUT2D eigenvalue weighted by atomic mass is 10.1. The van der Waals surface area contributed by atoms with Crippen LogP contribution in [0.3, 0.4) is 0 Å². The summed E-state index contributed by atoms with van der Waals surface area (Å²) >= 11 is 6.15. The van der Waals surface area contributed by atoms with E-state index in [0.717, 1.165) is 16.6 Å². The van der Waals surface area contributed by atoms with E-state index in [4.69, 9.17) is 16.3 Å². The van der Waals surface area contributed by atoms with Gasteiger partial charge in [-0.1, -0.05) is 29.8 Å². The Morgan fingerprint density at radius 2 is 2.05 bits per heavy atom. The molecule has 0 aliphatic rings. The molecule has 2 aromatic carbocycles.